The Morgan fingerprint density at radius 2 is 1.67 bits per heavy atom. The van der Waals surface area contributed by atoms with Gasteiger partial charge in [-0.05, 0) is 0 Å². The average Bonchev–Trinajstić information content (AvgIpc) is 2.62. The Kier molecular flexibility index (Phi) is 1.13. The first-order valence-electron chi connectivity index (χ1n) is 3.57. The Bertz CT molecular complexity index is 339. The first-order chi connectivity index (χ1) is 5.93. The molecule has 0 N–H and O–H groups in total. The fraction of sp³-hybridized carbons (Fsp3) is 0. The molecule has 0 aromatic heterocycles. The van der Waals surface area contributed by atoms with Crippen molar-refractivity contribution >= 4 is 14.4 Å². The van der Waals surface area contributed by atoms with Crippen LogP contribution in [0.25, 0.3) is 5.76 Å². The van der Waals surface area contributed by atoms with Gasteiger partial charge in [-0.2, -0.15) is 0 Å². The molecule has 0 atom stereocenters. The molecule has 0 radical (unpaired) electrons. The maximum Gasteiger partial charge on any atom is 0.535 e. The molecule has 3 aliphatic rings. The van der Waals surface area contributed by atoms with E-state index in [4.69, 9.17) is 13.6 Å². The van der Waals surface area contributed by atoms with E-state index in [-0.39, 0.29) is 0 Å². The van der Waals surface area contributed by atoms with E-state index in [1.165, 1.54) is 0 Å². The topological polar surface area (TPSA) is 27.7 Å². The second kappa shape index (κ2) is 2.14. The Balaban J connectivity index is 2.05. The molecule has 3 nitrogen and oxygen atoms in total. The van der Waals surface area contributed by atoms with Crippen molar-refractivity contribution in [1.82, 2.24) is 0 Å². The quantitative estimate of drug-likeness (QED) is 0.621. The Morgan fingerprint density at radius 1 is 0.917 bits per heavy atom. The van der Waals surface area contributed by atoms with Gasteiger partial charge >= 0.3 is 14.5 Å². The monoisotopic (exact) mass is 180 g/mol. The number of hydrogen-bond acceptors (Lipinski definition) is 3. The van der Waals surface area contributed by atoms with Crippen LogP contribution >= 0.6 is 8.60 Å². The van der Waals surface area contributed by atoms with Gasteiger partial charge in [0.1, 0.15) is 0 Å². The third kappa shape index (κ3) is 0.743. The summed E-state index contributed by atoms with van der Waals surface area (Å²) in [7, 11) is -1.06. The largest absolute Gasteiger partial charge is 0.535 e. The molecule has 12 heavy (non-hydrogen) atoms. The molecular formula is C8H5O3P. The van der Waals surface area contributed by atoms with E-state index in [0.29, 0.717) is 5.95 Å². The lowest BCUT2D eigenvalue weighted by Gasteiger charge is -2.13. The second-order valence-electron chi connectivity index (χ2n) is 2.48. The number of fused-ring (bicyclic) bond motifs is 1. The highest BCUT2D eigenvalue weighted by Gasteiger charge is 2.46. The zero-order valence-corrected chi connectivity index (χ0v) is 6.95. The van der Waals surface area contributed by atoms with Crippen molar-refractivity contribution in [2.24, 2.45) is 0 Å². The van der Waals surface area contributed by atoms with Crippen LogP contribution in [0.1, 0.15) is 5.56 Å². The Morgan fingerprint density at radius 3 is 2.25 bits per heavy atom. The van der Waals surface area contributed by atoms with Gasteiger partial charge < -0.3 is 13.6 Å². The van der Waals surface area contributed by atoms with E-state index in [1.54, 1.807) is 0 Å². The van der Waals surface area contributed by atoms with E-state index in [1.807, 2.05) is 30.3 Å². The van der Waals surface area contributed by atoms with Crippen LogP contribution in [0, 0.1) is 0 Å². The lowest BCUT2D eigenvalue weighted by Crippen LogP contribution is -1.94. The maximum atomic E-state index is 5.32. The van der Waals surface area contributed by atoms with Crippen LogP contribution in [-0.2, 0) is 13.6 Å². The van der Waals surface area contributed by atoms with Gasteiger partial charge in [0, 0.05) is 5.56 Å². The maximum absolute atomic E-state index is 5.32. The number of hydrogen-bond donors (Lipinski definition) is 0. The van der Waals surface area contributed by atoms with E-state index in [0.717, 1.165) is 11.3 Å². The summed E-state index contributed by atoms with van der Waals surface area (Å²) < 4.78 is 15.6. The third-order valence-electron chi connectivity index (χ3n) is 1.70. The minimum absolute atomic E-state index is 0.535. The lowest BCUT2D eigenvalue weighted by molar-refractivity contribution is 0.143. The molecular weight excluding hydrogens is 175 g/mol. The van der Waals surface area contributed by atoms with Gasteiger partial charge in [0.05, 0.1) is 0 Å². The van der Waals surface area contributed by atoms with Gasteiger partial charge in [-0.15, -0.1) is 0 Å². The summed E-state index contributed by atoms with van der Waals surface area (Å²) in [5.74, 6) is 1.27. The standard InChI is InChI=1S/C8H5O3P/c1-2-4-6(5-3-1)7-8-10-12(9-7)11-8/h1-5H. The first-order valence-corrected chi connectivity index (χ1v) is 4.67. The SMILES string of the molecule is c1ccc(C2=C3OP(O3)O2)cc1. The molecule has 0 spiro atoms. The molecule has 0 saturated carbocycles. The predicted molar refractivity (Wildman–Crippen MR) is 43.5 cm³/mol. The van der Waals surface area contributed by atoms with Gasteiger partial charge in [0.15, 0.2) is 0 Å². The van der Waals surface area contributed by atoms with Crippen LogP contribution in [0.3, 0.4) is 0 Å². The summed E-state index contributed by atoms with van der Waals surface area (Å²) in [4.78, 5) is 0. The summed E-state index contributed by atoms with van der Waals surface area (Å²) in [6.45, 7) is 0. The van der Waals surface area contributed by atoms with E-state index < -0.39 is 8.60 Å². The minimum atomic E-state index is -1.06. The normalized spacial score (nSPS) is 19.3. The Hall–Kier alpha value is -1.21. The molecule has 4 rings (SSSR count). The molecule has 1 fully saturated rings. The molecule has 0 aliphatic carbocycles. The van der Waals surface area contributed by atoms with Crippen LogP contribution in [0.5, 0.6) is 0 Å². The third-order valence-corrected chi connectivity index (χ3v) is 2.66. The first kappa shape index (κ1) is 6.32. The molecule has 3 aliphatic heterocycles. The molecule has 60 valence electrons. The van der Waals surface area contributed by atoms with Crippen molar-refractivity contribution in [2.45, 2.75) is 0 Å². The highest BCUT2D eigenvalue weighted by molar-refractivity contribution is 7.44. The predicted octanol–water partition coefficient (Wildman–Crippen LogP) is 2.62. The fourth-order valence-corrected chi connectivity index (χ4v) is 1.99. The van der Waals surface area contributed by atoms with E-state index >= 15 is 0 Å². The van der Waals surface area contributed by atoms with Gasteiger partial charge in [-0.1, -0.05) is 30.3 Å². The molecule has 3 heterocycles. The molecule has 2 bridgehead atoms. The summed E-state index contributed by atoms with van der Waals surface area (Å²) in [5.41, 5.74) is 1.01. The van der Waals surface area contributed by atoms with Crippen LogP contribution in [-0.4, -0.2) is 0 Å². The molecule has 1 aromatic rings. The molecule has 4 heteroatoms. The van der Waals surface area contributed by atoms with Crippen molar-refractivity contribution < 1.29 is 13.6 Å². The zero-order chi connectivity index (χ0) is 7.97. The summed E-state index contributed by atoms with van der Waals surface area (Å²) >= 11 is 0. The highest BCUT2D eigenvalue weighted by atomic mass is 31.2. The van der Waals surface area contributed by atoms with Crippen molar-refractivity contribution in [3.05, 3.63) is 41.8 Å². The van der Waals surface area contributed by atoms with Gasteiger partial charge in [-0.3, -0.25) is 0 Å². The minimum Gasteiger partial charge on any atom is -0.400 e. The van der Waals surface area contributed by atoms with Crippen molar-refractivity contribution in [3.63, 3.8) is 0 Å². The number of benzene rings is 1. The van der Waals surface area contributed by atoms with Crippen molar-refractivity contribution in [1.29, 1.82) is 0 Å². The molecule has 1 saturated heterocycles. The van der Waals surface area contributed by atoms with Gasteiger partial charge in [0.25, 0.3) is 0 Å². The van der Waals surface area contributed by atoms with Gasteiger partial charge in [0.2, 0.25) is 5.76 Å². The molecule has 0 unspecified atom stereocenters. The lowest BCUT2D eigenvalue weighted by atomic mass is 10.2. The van der Waals surface area contributed by atoms with Crippen LogP contribution in [0.2, 0.25) is 0 Å². The van der Waals surface area contributed by atoms with Crippen LogP contribution in [0.15, 0.2) is 36.3 Å². The number of rotatable bonds is 1. The van der Waals surface area contributed by atoms with Crippen molar-refractivity contribution in [3.8, 4) is 0 Å². The highest BCUT2D eigenvalue weighted by Crippen LogP contribution is 2.65. The summed E-state index contributed by atoms with van der Waals surface area (Å²) in [6.07, 6.45) is 0. The summed E-state index contributed by atoms with van der Waals surface area (Å²) in [6, 6.07) is 9.80. The smallest absolute Gasteiger partial charge is 0.400 e. The van der Waals surface area contributed by atoms with Gasteiger partial charge in [-0.25, -0.2) is 0 Å². The molecule has 0 amide bonds. The average molecular weight is 180 g/mol. The Labute approximate surface area is 70.6 Å². The van der Waals surface area contributed by atoms with E-state index in [2.05, 4.69) is 0 Å². The van der Waals surface area contributed by atoms with Crippen LogP contribution < -0.4 is 0 Å². The van der Waals surface area contributed by atoms with E-state index in [9.17, 15) is 0 Å². The second-order valence-corrected chi connectivity index (χ2v) is 3.48. The van der Waals surface area contributed by atoms with Crippen molar-refractivity contribution in [2.75, 3.05) is 0 Å². The molecule has 1 aromatic carbocycles. The zero-order valence-electron chi connectivity index (χ0n) is 6.06. The summed E-state index contributed by atoms with van der Waals surface area (Å²) in [5, 5.41) is 0. The fourth-order valence-electron chi connectivity index (χ4n) is 1.13. The van der Waals surface area contributed by atoms with Crippen LogP contribution in [0.4, 0.5) is 0 Å².